The summed E-state index contributed by atoms with van der Waals surface area (Å²) in [6, 6.07) is 0. The topological polar surface area (TPSA) is 74.6 Å². The first-order valence-electron chi connectivity index (χ1n) is 5.47. The zero-order chi connectivity index (χ0) is 11.7. The molecular weight excluding hydrogens is 215 g/mol. The Morgan fingerprint density at radius 3 is 2.40 bits per heavy atom. The maximum Gasteiger partial charge on any atom is 0.332 e. The van der Waals surface area contributed by atoms with Gasteiger partial charge in [-0.3, -0.25) is 9.36 Å². The van der Waals surface area contributed by atoms with Crippen LogP contribution in [0.3, 0.4) is 0 Å². The number of carbonyl (C=O) groups is 1. The summed E-state index contributed by atoms with van der Waals surface area (Å²) in [5.74, 6) is -0.439. The average Bonchev–Trinajstić information content (AvgIpc) is 2.15. The minimum absolute atomic E-state index is 0.0222. The van der Waals surface area contributed by atoms with Gasteiger partial charge in [0.05, 0.1) is 5.16 Å². The van der Waals surface area contributed by atoms with E-state index in [1.807, 2.05) is 6.92 Å². The van der Waals surface area contributed by atoms with Crippen molar-refractivity contribution >= 4 is 13.4 Å². The van der Waals surface area contributed by atoms with Crippen molar-refractivity contribution in [3.63, 3.8) is 0 Å². The van der Waals surface area contributed by atoms with Crippen molar-refractivity contribution in [1.29, 1.82) is 0 Å². The van der Waals surface area contributed by atoms with Gasteiger partial charge in [0.15, 0.2) is 0 Å². The van der Waals surface area contributed by atoms with E-state index in [2.05, 4.69) is 0 Å². The van der Waals surface area contributed by atoms with E-state index in [1.54, 1.807) is 6.92 Å². The van der Waals surface area contributed by atoms with Gasteiger partial charge in [-0.05, 0) is 25.7 Å². The zero-order valence-corrected chi connectivity index (χ0v) is 10.2. The van der Waals surface area contributed by atoms with E-state index in [1.165, 1.54) is 0 Å². The van der Waals surface area contributed by atoms with Crippen LogP contribution in [-0.4, -0.2) is 20.7 Å². The monoisotopic (exact) mass is 234 g/mol. The van der Waals surface area contributed by atoms with Crippen LogP contribution in [-0.2, 0) is 9.36 Å². The lowest BCUT2D eigenvalue weighted by Gasteiger charge is -2.42. The molecule has 0 spiro atoms. The molecule has 0 aromatic rings. The lowest BCUT2D eigenvalue weighted by molar-refractivity contribution is -0.126. The van der Waals surface area contributed by atoms with Crippen molar-refractivity contribution in [3.05, 3.63) is 0 Å². The van der Waals surface area contributed by atoms with Gasteiger partial charge in [0.2, 0.25) is 0 Å². The maximum atomic E-state index is 11.7. The Balaban J connectivity index is 3.15. The highest BCUT2D eigenvalue weighted by Crippen LogP contribution is 2.61. The molecule has 0 saturated heterocycles. The van der Waals surface area contributed by atoms with Crippen molar-refractivity contribution < 1.29 is 19.1 Å². The molecule has 1 saturated carbocycles. The molecular formula is C10H19O4P. The second-order valence-corrected chi connectivity index (χ2v) is 6.26. The van der Waals surface area contributed by atoms with Gasteiger partial charge in [0, 0.05) is 12.3 Å². The predicted octanol–water partition coefficient (Wildman–Crippen LogP) is 2.09. The number of carbonyl (C=O) groups excluding carboxylic acids is 1. The largest absolute Gasteiger partial charge is 0.332 e. The van der Waals surface area contributed by atoms with Gasteiger partial charge in [-0.25, -0.2) is 0 Å². The van der Waals surface area contributed by atoms with Gasteiger partial charge < -0.3 is 9.79 Å². The molecule has 2 N–H and O–H groups in total. The SMILES string of the molecule is CCC1C(=O)CCCC1(CC)P(=O)(O)O. The summed E-state index contributed by atoms with van der Waals surface area (Å²) in [5.41, 5.74) is 0. The summed E-state index contributed by atoms with van der Waals surface area (Å²) in [6.07, 6.45) is 2.45. The Morgan fingerprint density at radius 1 is 1.47 bits per heavy atom. The lowest BCUT2D eigenvalue weighted by Crippen LogP contribution is -2.44. The van der Waals surface area contributed by atoms with Crippen LogP contribution in [0.25, 0.3) is 0 Å². The second-order valence-electron chi connectivity index (χ2n) is 4.28. The molecule has 5 heteroatoms. The maximum absolute atomic E-state index is 11.7. The molecule has 0 bridgehead atoms. The van der Waals surface area contributed by atoms with Crippen LogP contribution in [0.5, 0.6) is 0 Å². The number of rotatable bonds is 3. The van der Waals surface area contributed by atoms with Crippen molar-refractivity contribution in [2.45, 2.75) is 51.1 Å². The Morgan fingerprint density at radius 2 is 2.07 bits per heavy atom. The summed E-state index contributed by atoms with van der Waals surface area (Å²) in [7, 11) is -4.20. The molecule has 0 radical (unpaired) electrons. The molecule has 1 fully saturated rings. The quantitative estimate of drug-likeness (QED) is 0.733. The van der Waals surface area contributed by atoms with Crippen LogP contribution in [0.1, 0.15) is 46.0 Å². The molecule has 1 aliphatic rings. The molecule has 4 nitrogen and oxygen atoms in total. The third-order valence-electron chi connectivity index (χ3n) is 3.67. The molecule has 88 valence electrons. The number of hydrogen-bond acceptors (Lipinski definition) is 2. The van der Waals surface area contributed by atoms with E-state index >= 15 is 0 Å². The Hall–Kier alpha value is -0.180. The molecule has 2 atom stereocenters. The Labute approximate surface area is 90.2 Å². The van der Waals surface area contributed by atoms with Crippen molar-refractivity contribution in [2.24, 2.45) is 5.92 Å². The van der Waals surface area contributed by atoms with Crippen LogP contribution < -0.4 is 0 Å². The van der Waals surface area contributed by atoms with Gasteiger partial charge in [0.1, 0.15) is 5.78 Å². The van der Waals surface area contributed by atoms with Crippen molar-refractivity contribution in [3.8, 4) is 0 Å². The van der Waals surface area contributed by atoms with Gasteiger partial charge in [-0.1, -0.05) is 13.8 Å². The number of hydrogen-bond donors (Lipinski definition) is 2. The highest BCUT2D eigenvalue weighted by molar-refractivity contribution is 7.53. The highest BCUT2D eigenvalue weighted by Gasteiger charge is 2.54. The van der Waals surface area contributed by atoms with Gasteiger partial charge in [-0.2, -0.15) is 0 Å². The third kappa shape index (κ3) is 2.03. The third-order valence-corrected chi connectivity index (χ3v) is 5.68. The molecule has 0 aromatic heterocycles. The molecule has 0 amide bonds. The van der Waals surface area contributed by atoms with Crippen LogP contribution in [0, 0.1) is 5.92 Å². The highest BCUT2D eigenvalue weighted by atomic mass is 31.2. The van der Waals surface area contributed by atoms with Crippen molar-refractivity contribution in [2.75, 3.05) is 0 Å². The van der Waals surface area contributed by atoms with Gasteiger partial charge in [-0.15, -0.1) is 0 Å². The smallest absolute Gasteiger partial charge is 0.324 e. The Bertz CT molecular complexity index is 296. The van der Waals surface area contributed by atoms with Crippen LogP contribution in [0.2, 0.25) is 0 Å². The standard InChI is InChI=1S/C10H19O4P/c1-3-8-9(11)6-5-7-10(8,4-2)15(12,13)14/h8H,3-7H2,1-2H3,(H2,12,13,14). The molecule has 0 aromatic carbocycles. The van der Waals surface area contributed by atoms with E-state index in [9.17, 15) is 19.1 Å². The van der Waals surface area contributed by atoms with E-state index < -0.39 is 18.7 Å². The lowest BCUT2D eigenvalue weighted by atomic mass is 9.74. The summed E-state index contributed by atoms with van der Waals surface area (Å²) in [4.78, 5) is 30.6. The minimum atomic E-state index is -4.20. The molecule has 15 heavy (non-hydrogen) atoms. The minimum Gasteiger partial charge on any atom is -0.324 e. The van der Waals surface area contributed by atoms with Crippen LogP contribution >= 0.6 is 7.60 Å². The molecule has 2 unspecified atom stereocenters. The first kappa shape index (κ1) is 12.9. The van der Waals surface area contributed by atoms with E-state index in [0.717, 1.165) is 0 Å². The summed E-state index contributed by atoms with van der Waals surface area (Å²) >= 11 is 0. The summed E-state index contributed by atoms with van der Waals surface area (Å²) in [6.45, 7) is 3.59. The van der Waals surface area contributed by atoms with E-state index in [0.29, 0.717) is 32.1 Å². The molecule has 0 heterocycles. The summed E-state index contributed by atoms with van der Waals surface area (Å²) < 4.78 is 11.6. The molecule has 0 aliphatic heterocycles. The van der Waals surface area contributed by atoms with E-state index in [4.69, 9.17) is 0 Å². The fourth-order valence-corrected chi connectivity index (χ4v) is 4.40. The van der Waals surface area contributed by atoms with Crippen LogP contribution in [0.4, 0.5) is 0 Å². The first-order valence-corrected chi connectivity index (χ1v) is 7.08. The second kappa shape index (κ2) is 4.36. The van der Waals surface area contributed by atoms with Crippen LogP contribution in [0.15, 0.2) is 0 Å². The van der Waals surface area contributed by atoms with E-state index in [-0.39, 0.29) is 5.78 Å². The summed E-state index contributed by atoms with van der Waals surface area (Å²) in [5, 5.41) is -1.09. The Kier molecular flexibility index (Phi) is 3.75. The average molecular weight is 234 g/mol. The molecule has 1 aliphatic carbocycles. The first-order chi connectivity index (χ1) is 6.89. The van der Waals surface area contributed by atoms with Crippen molar-refractivity contribution in [1.82, 2.24) is 0 Å². The normalized spacial score (nSPS) is 33.1. The fraction of sp³-hybridized carbons (Fsp3) is 0.900. The van der Waals surface area contributed by atoms with Gasteiger partial charge in [0.25, 0.3) is 0 Å². The number of ketones is 1. The molecule has 1 rings (SSSR count). The zero-order valence-electron chi connectivity index (χ0n) is 9.27. The van der Waals surface area contributed by atoms with Gasteiger partial charge >= 0.3 is 7.60 Å². The fourth-order valence-electron chi connectivity index (χ4n) is 2.80. The predicted molar refractivity (Wildman–Crippen MR) is 57.7 cm³/mol. The number of Topliss-reactive ketones (excluding diaryl/α,β-unsaturated/α-hetero) is 1.